The van der Waals surface area contributed by atoms with E-state index in [1.165, 1.54) is 0 Å². The van der Waals surface area contributed by atoms with Crippen LogP contribution in [0.2, 0.25) is 0 Å². The average Bonchev–Trinajstić information content (AvgIpc) is 2.62. The van der Waals surface area contributed by atoms with E-state index in [0.29, 0.717) is 0 Å². The summed E-state index contributed by atoms with van der Waals surface area (Å²) in [5.41, 5.74) is 0. The van der Waals surface area contributed by atoms with Gasteiger partial charge < -0.3 is 0 Å². The summed E-state index contributed by atoms with van der Waals surface area (Å²) in [7, 11) is 0. The van der Waals surface area contributed by atoms with Crippen LogP contribution in [0.3, 0.4) is 0 Å². The molecule has 22 heavy (non-hydrogen) atoms. The first kappa shape index (κ1) is 14.8. The Labute approximate surface area is 134 Å². The van der Waals surface area contributed by atoms with Crippen LogP contribution in [-0.4, -0.2) is 25.3 Å². The first-order chi connectivity index (χ1) is 10.9. The topological polar surface area (TPSA) is 26.3 Å². The summed E-state index contributed by atoms with van der Waals surface area (Å²) >= 11 is -3.80. The molecule has 0 aliphatic heterocycles. The van der Waals surface area contributed by atoms with Crippen LogP contribution in [0.15, 0.2) is 91.0 Å². The molecule has 0 aliphatic rings. The third kappa shape index (κ3) is 2.66. The second kappa shape index (κ2) is 6.79. The molecule has 3 aromatic rings. The fourth-order valence-corrected chi connectivity index (χ4v) is 12.6. The van der Waals surface area contributed by atoms with E-state index in [9.17, 15) is 4.79 Å². The van der Waals surface area contributed by atoms with Crippen LogP contribution >= 0.6 is 0 Å². The van der Waals surface area contributed by atoms with Crippen molar-refractivity contribution < 1.29 is 7.87 Å². The molecule has 0 atom stereocenters. The molecule has 0 fully saturated rings. The van der Waals surface area contributed by atoms with Crippen molar-refractivity contribution in [3.63, 3.8) is 0 Å². The summed E-state index contributed by atoms with van der Waals surface area (Å²) in [6, 6.07) is 30.1. The molecule has 0 aliphatic carbocycles. The summed E-state index contributed by atoms with van der Waals surface area (Å²) in [4.78, 5) is 11.2. The van der Waals surface area contributed by atoms with Gasteiger partial charge in [-0.3, -0.25) is 0 Å². The summed E-state index contributed by atoms with van der Waals surface area (Å²) < 4.78 is 9.08. The van der Waals surface area contributed by atoms with Gasteiger partial charge in [0.25, 0.3) is 0 Å². The standard InChI is InChI=1S/3C6H5.CO2.Sn/c3*1-2-4-6-5-3-1;2-1-3;/h3*1-5H;;/q;;;-2;+1. The monoisotopic (exact) mass is 395 g/mol. The van der Waals surface area contributed by atoms with E-state index in [1.807, 2.05) is 91.0 Å². The molecule has 108 valence electrons. The SMILES string of the molecule is O=[C-][O][Sn]([c]1ccccc1)([c]1ccccc1)[c]1ccccc1. The Morgan fingerprint density at radius 2 is 0.909 bits per heavy atom. The second-order valence-corrected chi connectivity index (χ2v) is 14.4. The van der Waals surface area contributed by atoms with Crippen LogP contribution in [0.25, 0.3) is 0 Å². The van der Waals surface area contributed by atoms with Crippen LogP contribution in [0.5, 0.6) is 0 Å². The molecule has 2 nitrogen and oxygen atoms in total. The molecule has 0 saturated carbocycles. The van der Waals surface area contributed by atoms with Gasteiger partial charge in [-0.2, -0.15) is 0 Å². The van der Waals surface area contributed by atoms with E-state index >= 15 is 0 Å². The van der Waals surface area contributed by atoms with Crippen molar-refractivity contribution in [1.82, 2.24) is 0 Å². The molecule has 3 rings (SSSR count). The molecule has 0 amide bonds. The minimum absolute atomic E-state index is 1.09. The van der Waals surface area contributed by atoms with E-state index in [4.69, 9.17) is 3.07 Å². The summed E-state index contributed by atoms with van der Waals surface area (Å²) in [6.07, 6.45) is 0. The first-order valence-corrected chi connectivity index (χ1v) is 12.5. The van der Waals surface area contributed by atoms with Crippen LogP contribution < -0.4 is 10.7 Å². The summed E-state index contributed by atoms with van der Waals surface area (Å²) in [5, 5.41) is 0. The fraction of sp³-hybridized carbons (Fsp3) is 0. The molecule has 3 heteroatoms. The number of carbonyl (C=O) groups excluding carboxylic acids is 1. The molecular formula is C19H15O2Sn-. The van der Waals surface area contributed by atoms with Gasteiger partial charge in [0.2, 0.25) is 0 Å². The molecule has 0 heterocycles. The van der Waals surface area contributed by atoms with Gasteiger partial charge >= 0.3 is 135 Å². The van der Waals surface area contributed by atoms with Crippen molar-refractivity contribution in [2.24, 2.45) is 0 Å². The van der Waals surface area contributed by atoms with Crippen molar-refractivity contribution in [1.29, 1.82) is 0 Å². The average molecular weight is 394 g/mol. The van der Waals surface area contributed by atoms with Crippen molar-refractivity contribution >= 4 is 36.0 Å². The zero-order valence-electron chi connectivity index (χ0n) is 12.0. The van der Waals surface area contributed by atoms with E-state index in [2.05, 4.69) is 0 Å². The van der Waals surface area contributed by atoms with Gasteiger partial charge in [0.1, 0.15) is 0 Å². The second-order valence-electron chi connectivity index (χ2n) is 4.96. The molecule has 0 aromatic heterocycles. The third-order valence-electron chi connectivity index (χ3n) is 3.74. The quantitative estimate of drug-likeness (QED) is 0.487. The Bertz CT molecular complexity index is 630. The van der Waals surface area contributed by atoms with E-state index in [-0.39, 0.29) is 0 Å². The fourth-order valence-electron chi connectivity index (χ4n) is 2.76. The van der Waals surface area contributed by atoms with Gasteiger partial charge in [0.15, 0.2) is 0 Å². The first-order valence-electron chi connectivity index (χ1n) is 7.09. The van der Waals surface area contributed by atoms with Gasteiger partial charge in [0.05, 0.1) is 0 Å². The number of hydrogen-bond donors (Lipinski definition) is 0. The third-order valence-corrected chi connectivity index (χ3v) is 14.7. The molecule has 0 unspecified atom stereocenters. The maximum absolute atomic E-state index is 11.2. The predicted molar refractivity (Wildman–Crippen MR) is 90.8 cm³/mol. The molecule has 0 spiro atoms. The Balaban J connectivity index is 2.31. The van der Waals surface area contributed by atoms with Crippen molar-refractivity contribution in [2.75, 3.05) is 0 Å². The van der Waals surface area contributed by atoms with Gasteiger partial charge in [-0.05, 0) is 0 Å². The Morgan fingerprint density at radius 3 is 1.18 bits per heavy atom. The Hall–Kier alpha value is -2.07. The van der Waals surface area contributed by atoms with E-state index in [0.717, 1.165) is 10.7 Å². The van der Waals surface area contributed by atoms with Crippen LogP contribution in [0.4, 0.5) is 0 Å². The minimum atomic E-state index is -3.80. The molecule has 0 bridgehead atoms. The number of hydrogen-bond acceptors (Lipinski definition) is 2. The zero-order valence-corrected chi connectivity index (χ0v) is 14.8. The normalized spacial score (nSPS) is 10.9. The van der Waals surface area contributed by atoms with Crippen molar-refractivity contribution in [3.8, 4) is 0 Å². The molecule has 0 N–H and O–H groups in total. The molecule has 0 saturated heterocycles. The molecule has 0 radical (unpaired) electrons. The van der Waals surface area contributed by atoms with Crippen molar-refractivity contribution in [2.45, 2.75) is 0 Å². The predicted octanol–water partition coefficient (Wildman–Crippen LogP) is 1.74. The van der Waals surface area contributed by atoms with Gasteiger partial charge in [-0.1, -0.05) is 0 Å². The van der Waals surface area contributed by atoms with Crippen LogP contribution in [-0.2, 0) is 7.87 Å². The Kier molecular flexibility index (Phi) is 4.58. The van der Waals surface area contributed by atoms with Crippen LogP contribution in [0.1, 0.15) is 0 Å². The van der Waals surface area contributed by atoms with E-state index < -0.39 is 18.8 Å². The number of benzene rings is 3. The summed E-state index contributed by atoms with van der Waals surface area (Å²) in [5.74, 6) is 0. The Morgan fingerprint density at radius 1 is 0.591 bits per heavy atom. The van der Waals surface area contributed by atoms with Gasteiger partial charge in [-0.25, -0.2) is 0 Å². The van der Waals surface area contributed by atoms with Gasteiger partial charge in [-0.15, -0.1) is 0 Å². The maximum atomic E-state index is 11.2. The number of rotatable bonds is 5. The van der Waals surface area contributed by atoms with Gasteiger partial charge in [0, 0.05) is 0 Å². The molecular weight excluding hydrogens is 379 g/mol. The van der Waals surface area contributed by atoms with Crippen LogP contribution in [0, 0.1) is 0 Å². The van der Waals surface area contributed by atoms with Crippen molar-refractivity contribution in [3.05, 3.63) is 91.0 Å². The zero-order chi connectivity index (χ0) is 15.3. The van der Waals surface area contributed by atoms with E-state index in [1.54, 1.807) is 6.47 Å². The molecule has 3 aromatic carbocycles. The summed E-state index contributed by atoms with van der Waals surface area (Å²) in [6.45, 7) is 1.75.